The highest BCUT2D eigenvalue weighted by atomic mass is 32.2. The molecule has 0 radical (unpaired) electrons. The molecule has 0 unspecified atom stereocenters. The lowest BCUT2D eigenvalue weighted by Crippen LogP contribution is -2.22. The first-order chi connectivity index (χ1) is 16.7. The predicted octanol–water partition coefficient (Wildman–Crippen LogP) is 2.82. The van der Waals surface area contributed by atoms with E-state index in [-0.39, 0.29) is 34.1 Å². The van der Waals surface area contributed by atoms with Crippen molar-refractivity contribution >= 4 is 27.3 Å². The maximum absolute atomic E-state index is 13.4. The first kappa shape index (κ1) is 25.9. The van der Waals surface area contributed by atoms with Gasteiger partial charge in [-0.05, 0) is 43.2 Å². The molecule has 0 aliphatic carbocycles. The maximum Gasteiger partial charge on any atom is 0.269 e. The number of primary amides is 1. The fourth-order valence-corrected chi connectivity index (χ4v) is 4.10. The van der Waals surface area contributed by atoms with E-state index in [0.29, 0.717) is 24.4 Å². The second-order valence-corrected chi connectivity index (χ2v) is 9.97. The number of sulfone groups is 1. The average molecular weight is 500 g/mol. The molecule has 35 heavy (non-hydrogen) atoms. The van der Waals surface area contributed by atoms with Crippen LogP contribution < -0.4 is 15.8 Å². The molecule has 1 aromatic carbocycles. The van der Waals surface area contributed by atoms with Gasteiger partial charge in [-0.15, -0.1) is 0 Å². The third-order valence-corrected chi connectivity index (χ3v) is 6.36. The number of rotatable bonds is 11. The molecule has 2 heterocycles. The van der Waals surface area contributed by atoms with E-state index in [1.807, 2.05) is 19.9 Å². The minimum Gasteiger partial charge on any atom is -0.493 e. The number of nitrogens with two attached hydrogens (primary N) is 1. The molecule has 3 aromatic rings. The van der Waals surface area contributed by atoms with Crippen LogP contribution in [0.25, 0.3) is 0 Å². The summed E-state index contributed by atoms with van der Waals surface area (Å²) in [7, 11) is -3.57. The number of hydrogen-bond donors (Lipinski definition) is 2. The number of hydrogen-bond acceptors (Lipinski definition) is 7. The van der Waals surface area contributed by atoms with Crippen molar-refractivity contribution in [1.29, 1.82) is 0 Å². The van der Waals surface area contributed by atoms with E-state index < -0.39 is 21.7 Å². The predicted molar refractivity (Wildman–Crippen MR) is 131 cm³/mol. The number of carbonyl (C=O) groups is 2. The number of ether oxygens (including phenoxy) is 1. The molecule has 0 spiro atoms. The van der Waals surface area contributed by atoms with E-state index in [1.165, 1.54) is 22.9 Å². The molecule has 2 amide bonds. The summed E-state index contributed by atoms with van der Waals surface area (Å²) >= 11 is 0. The molecule has 186 valence electrons. The van der Waals surface area contributed by atoms with Crippen LogP contribution in [0.1, 0.15) is 58.9 Å². The van der Waals surface area contributed by atoms with Gasteiger partial charge in [0.1, 0.15) is 11.4 Å². The highest BCUT2D eigenvalue weighted by Gasteiger charge is 2.25. The number of benzene rings is 1. The number of carbonyl (C=O) groups excluding carboxylic acids is 2. The van der Waals surface area contributed by atoms with Gasteiger partial charge < -0.3 is 15.8 Å². The van der Waals surface area contributed by atoms with Crippen LogP contribution in [0.4, 0.5) is 5.69 Å². The normalized spacial score (nSPS) is 11.3. The summed E-state index contributed by atoms with van der Waals surface area (Å²) in [4.78, 5) is 30.0. The van der Waals surface area contributed by atoms with Gasteiger partial charge in [-0.3, -0.25) is 19.3 Å². The maximum atomic E-state index is 13.4. The van der Waals surface area contributed by atoms with Crippen LogP contribution in [-0.4, -0.2) is 47.9 Å². The molecular formula is C24H29N5O5S. The molecule has 0 saturated carbocycles. The van der Waals surface area contributed by atoms with Crippen molar-refractivity contribution in [3.63, 3.8) is 0 Å². The minimum absolute atomic E-state index is 0.0218. The zero-order valence-electron chi connectivity index (χ0n) is 19.9. The van der Waals surface area contributed by atoms with Gasteiger partial charge in [0, 0.05) is 12.5 Å². The fourth-order valence-electron chi connectivity index (χ4n) is 3.45. The summed E-state index contributed by atoms with van der Waals surface area (Å²) in [5, 5.41) is 7.19. The van der Waals surface area contributed by atoms with Crippen molar-refractivity contribution in [1.82, 2.24) is 14.8 Å². The van der Waals surface area contributed by atoms with Crippen LogP contribution in [0.5, 0.6) is 5.75 Å². The second-order valence-electron chi connectivity index (χ2n) is 7.95. The van der Waals surface area contributed by atoms with Gasteiger partial charge in [0.05, 0.1) is 40.7 Å². The van der Waals surface area contributed by atoms with Crippen LogP contribution in [0.2, 0.25) is 0 Å². The monoisotopic (exact) mass is 499 g/mol. The zero-order chi connectivity index (χ0) is 25.6. The Hall–Kier alpha value is -3.73. The number of unbranched alkanes of at least 4 members (excludes halogenated alkanes) is 1. The number of nitrogens with zero attached hydrogens (tertiary/aromatic N) is 3. The van der Waals surface area contributed by atoms with Crippen molar-refractivity contribution in [3.8, 4) is 5.75 Å². The summed E-state index contributed by atoms with van der Waals surface area (Å²) in [6.07, 6.45) is 4.75. The van der Waals surface area contributed by atoms with Crippen LogP contribution >= 0.6 is 0 Å². The highest BCUT2D eigenvalue weighted by Crippen LogP contribution is 2.27. The number of pyridine rings is 1. The number of amides is 2. The van der Waals surface area contributed by atoms with Gasteiger partial charge in [-0.1, -0.05) is 26.3 Å². The first-order valence-corrected chi connectivity index (χ1v) is 13.1. The van der Waals surface area contributed by atoms with Gasteiger partial charge in [-0.25, -0.2) is 8.42 Å². The van der Waals surface area contributed by atoms with Crippen LogP contribution in [0.3, 0.4) is 0 Å². The van der Waals surface area contributed by atoms with Crippen LogP contribution in [-0.2, 0) is 22.8 Å². The number of aryl methyl sites for hydroxylation is 1. The van der Waals surface area contributed by atoms with Crippen molar-refractivity contribution in [3.05, 3.63) is 65.2 Å². The molecule has 0 saturated heterocycles. The molecular weight excluding hydrogens is 470 g/mol. The lowest BCUT2D eigenvalue weighted by molar-refractivity contribution is 0.0991. The van der Waals surface area contributed by atoms with E-state index in [1.54, 1.807) is 18.3 Å². The third kappa shape index (κ3) is 6.24. The lowest BCUT2D eigenvalue weighted by Gasteiger charge is -2.14. The van der Waals surface area contributed by atoms with E-state index in [0.717, 1.165) is 19.1 Å². The SMILES string of the molecule is CCCCOc1ccc(S(C)(=O)=O)cc1C(=O)Nc1c(CC)nn(Cc2ccccn2)c1C(N)=O. The van der Waals surface area contributed by atoms with Gasteiger partial charge in [0.25, 0.3) is 11.8 Å². The summed E-state index contributed by atoms with van der Waals surface area (Å²) in [6, 6.07) is 9.49. The molecule has 10 nitrogen and oxygen atoms in total. The number of aromatic nitrogens is 3. The fraction of sp³-hybridized carbons (Fsp3) is 0.333. The Balaban J connectivity index is 2.03. The molecule has 2 aromatic heterocycles. The van der Waals surface area contributed by atoms with Gasteiger partial charge in [-0.2, -0.15) is 5.10 Å². The molecule has 11 heteroatoms. The lowest BCUT2D eigenvalue weighted by atomic mass is 10.1. The summed E-state index contributed by atoms with van der Waals surface area (Å²) in [6.45, 7) is 4.38. The van der Waals surface area contributed by atoms with Gasteiger partial charge in [0.2, 0.25) is 0 Å². The Morgan fingerprint density at radius 1 is 1.17 bits per heavy atom. The van der Waals surface area contributed by atoms with Crippen molar-refractivity contribution < 1.29 is 22.7 Å². The molecule has 3 rings (SSSR count). The van der Waals surface area contributed by atoms with Crippen molar-refractivity contribution in [2.45, 2.75) is 44.6 Å². The molecule has 0 atom stereocenters. The van der Waals surface area contributed by atoms with Crippen LogP contribution in [0.15, 0.2) is 47.5 Å². The van der Waals surface area contributed by atoms with E-state index in [4.69, 9.17) is 10.5 Å². The Kier molecular flexibility index (Phi) is 8.23. The average Bonchev–Trinajstić information content (AvgIpc) is 3.16. The van der Waals surface area contributed by atoms with E-state index in [9.17, 15) is 18.0 Å². The molecule has 0 aliphatic heterocycles. The summed E-state index contributed by atoms with van der Waals surface area (Å²) in [5.41, 5.74) is 7.00. The minimum atomic E-state index is -3.57. The van der Waals surface area contributed by atoms with E-state index >= 15 is 0 Å². The standard InChI is InChI=1S/C24H29N5O5S/c1-4-6-13-34-20-11-10-17(35(3,32)33)14-18(20)24(31)27-21-19(5-2)28-29(22(21)23(25)30)15-16-9-7-8-12-26-16/h7-12,14H,4-6,13,15H2,1-3H3,(H2,25,30)(H,27,31). The molecule has 0 bridgehead atoms. The Labute approximate surface area is 204 Å². The summed E-state index contributed by atoms with van der Waals surface area (Å²) < 4.78 is 31.4. The number of anilines is 1. The number of nitrogens with one attached hydrogen (secondary N) is 1. The van der Waals surface area contributed by atoms with Crippen molar-refractivity contribution in [2.75, 3.05) is 18.2 Å². The first-order valence-electron chi connectivity index (χ1n) is 11.2. The molecule has 3 N–H and O–H groups in total. The Bertz CT molecular complexity index is 1320. The quantitative estimate of drug-likeness (QED) is 0.386. The van der Waals surface area contributed by atoms with Crippen molar-refractivity contribution in [2.24, 2.45) is 5.73 Å². The smallest absolute Gasteiger partial charge is 0.269 e. The molecule has 0 fully saturated rings. The highest BCUT2D eigenvalue weighted by molar-refractivity contribution is 7.90. The molecule has 0 aliphatic rings. The zero-order valence-corrected chi connectivity index (χ0v) is 20.8. The van der Waals surface area contributed by atoms with Gasteiger partial charge in [0.15, 0.2) is 9.84 Å². The van der Waals surface area contributed by atoms with Crippen LogP contribution in [0, 0.1) is 0 Å². The summed E-state index contributed by atoms with van der Waals surface area (Å²) in [5.74, 6) is -1.17. The Morgan fingerprint density at radius 2 is 1.94 bits per heavy atom. The third-order valence-electron chi connectivity index (χ3n) is 5.25. The van der Waals surface area contributed by atoms with E-state index in [2.05, 4.69) is 15.4 Å². The van der Waals surface area contributed by atoms with Gasteiger partial charge >= 0.3 is 0 Å². The second kappa shape index (κ2) is 11.1. The largest absolute Gasteiger partial charge is 0.493 e. The Morgan fingerprint density at radius 3 is 2.54 bits per heavy atom. The topological polar surface area (TPSA) is 146 Å².